The first-order valence-electron chi connectivity index (χ1n) is 3.75. The molecule has 1 nitrogen and oxygen atoms in total. The van der Waals surface area contributed by atoms with E-state index in [4.69, 9.17) is 0 Å². The van der Waals surface area contributed by atoms with E-state index in [-0.39, 0.29) is 6.10 Å². The molecule has 1 saturated heterocycles. The van der Waals surface area contributed by atoms with E-state index in [0.29, 0.717) is 5.25 Å². The molecule has 58 valence electrons. The molecule has 1 aliphatic heterocycles. The van der Waals surface area contributed by atoms with Crippen LogP contribution in [0.25, 0.3) is 0 Å². The SMILES string of the molecule is C=CCC(O)C1CCCS1. The smallest absolute Gasteiger partial charge is 0.0693 e. The number of rotatable bonds is 3. The summed E-state index contributed by atoms with van der Waals surface area (Å²) in [7, 11) is 0. The highest BCUT2D eigenvalue weighted by atomic mass is 32.2. The van der Waals surface area contributed by atoms with Crippen LogP contribution < -0.4 is 0 Å². The van der Waals surface area contributed by atoms with Crippen molar-refractivity contribution in [2.24, 2.45) is 0 Å². The molecule has 10 heavy (non-hydrogen) atoms. The van der Waals surface area contributed by atoms with Gasteiger partial charge in [-0.15, -0.1) is 6.58 Å². The molecule has 0 amide bonds. The van der Waals surface area contributed by atoms with Crippen molar-refractivity contribution in [3.8, 4) is 0 Å². The van der Waals surface area contributed by atoms with Gasteiger partial charge in [-0.2, -0.15) is 11.8 Å². The van der Waals surface area contributed by atoms with Crippen LogP contribution in [-0.4, -0.2) is 22.2 Å². The standard InChI is InChI=1S/C8H14OS/c1-2-4-7(9)8-5-3-6-10-8/h2,7-9H,1,3-6H2. The molecule has 2 heteroatoms. The molecule has 2 atom stereocenters. The fourth-order valence-electron chi connectivity index (χ4n) is 1.23. The molecule has 0 aliphatic carbocycles. The summed E-state index contributed by atoms with van der Waals surface area (Å²) in [6, 6.07) is 0. The molecule has 0 spiro atoms. The lowest BCUT2D eigenvalue weighted by Crippen LogP contribution is -2.19. The summed E-state index contributed by atoms with van der Waals surface area (Å²) < 4.78 is 0. The first-order chi connectivity index (χ1) is 4.84. The molecule has 1 heterocycles. The van der Waals surface area contributed by atoms with Crippen molar-refractivity contribution in [1.29, 1.82) is 0 Å². The predicted octanol–water partition coefficient (Wildman–Crippen LogP) is 1.82. The second-order valence-corrected chi connectivity index (χ2v) is 3.99. The van der Waals surface area contributed by atoms with Crippen LogP contribution >= 0.6 is 11.8 Å². The minimum Gasteiger partial charge on any atom is -0.392 e. The van der Waals surface area contributed by atoms with Gasteiger partial charge in [-0.05, 0) is 25.0 Å². The first kappa shape index (κ1) is 8.15. The largest absolute Gasteiger partial charge is 0.392 e. The van der Waals surface area contributed by atoms with Gasteiger partial charge >= 0.3 is 0 Å². The quantitative estimate of drug-likeness (QED) is 0.632. The average molecular weight is 158 g/mol. The van der Waals surface area contributed by atoms with Crippen LogP contribution in [0.1, 0.15) is 19.3 Å². The minimum atomic E-state index is -0.148. The summed E-state index contributed by atoms with van der Waals surface area (Å²) in [5, 5.41) is 9.94. The number of aliphatic hydroxyl groups is 1. The van der Waals surface area contributed by atoms with Gasteiger partial charge in [0.1, 0.15) is 0 Å². The summed E-state index contributed by atoms with van der Waals surface area (Å²) in [6.07, 6.45) is 4.84. The van der Waals surface area contributed by atoms with Gasteiger partial charge in [-0.3, -0.25) is 0 Å². The van der Waals surface area contributed by atoms with E-state index in [1.165, 1.54) is 18.6 Å². The van der Waals surface area contributed by atoms with Gasteiger partial charge in [0.15, 0.2) is 0 Å². The zero-order chi connectivity index (χ0) is 7.40. The Morgan fingerprint density at radius 2 is 2.60 bits per heavy atom. The van der Waals surface area contributed by atoms with Crippen LogP contribution in [0.2, 0.25) is 0 Å². The van der Waals surface area contributed by atoms with E-state index in [1.54, 1.807) is 6.08 Å². The summed E-state index contributed by atoms with van der Waals surface area (Å²) in [4.78, 5) is 0. The van der Waals surface area contributed by atoms with E-state index in [1.807, 2.05) is 11.8 Å². The lowest BCUT2D eigenvalue weighted by Gasteiger charge is -2.14. The normalized spacial score (nSPS) is 28.3. The Hall–Kier alpha value is 0.0500. The van der Waals surface area contributed by atoms with Crippen LogP contribution in [-0.2, 0) is 0 Å². The zero-order valence-electron chi connectivity index (χ0n) is 6.12. The number of aliphatic hydroxyl groups excluding tert-OH is 1. The third kappa shape index (κ3) is 2.03. The monoisotopic (exact) mass is 158 g/mol. The molecule has 0 saturated carbocycles. The Kier molecular flexibility index (Phi) is 3.29. The molecule has 1 fully saturated rings. The van der Waals surface area contributed by atoms with Crippen molar-refractivity contribution < 1.29 is 5.11 Å². The highest BCUT2D eigenvalue weighted by molar-refractivity contribution is 8.00. The van der Waals surface area contributed by atoms with Crippen LogP contribution in [0.15, 0.2) is 12.7 Å². The summed E-state index contributed by atoms with van der Waals surface area (Å²) in [5.41, 5.74) is 0. The summed E-state index contributed by atoms with van der Waals surface area (Å²) in [5.74, 6) is 1.22. The topological polar surface area (TPSA) is 20.2 Å². The van der Waals surface area contributed by atoms with Gasteiger partial charge in [0, 0.05) is 5.25 Å². The Balaban J connectivity index is 2.24. The van der Waals surface area contributed by atoms with Gasteiger partial charge in [0.25, 0.3) is 0 Å². The highest BCUT2D eigenvalue weighted by Gasteiger charge is 2.22. The molecule has 1 N–H and O–H groups in total. The maximum Gasteiger partial charge on any atom is 0.0693 e. The third-order valence-electron chi connectivity index (χ3n) is 1.80. The van der Waals surface area contributed by atoms with Crippen molar-refractivity contribution in [2.45, 2.75) is 30.6 Å². The van der Waals surface area contributed by atoms with E-state index < -0.39 is 0 Å². The van der Waals surface area contributed by atoms with Crippen molar-refractivity contribution in [3.05, 3.63) is 12.7 Å². The zero-order valence-corrected chi connectivity index (χ0v) is 6.94. The number of hydrogen-bond donors (Lipinski definition) is 1. The maximum atomic E-state index is 9.46. The Morgan fingerprint density at radius 1 is 1.80 bits per heavy atom. The molecule has 0 radical (unpaired) electrons. The average Bonchev–Trinajstić information content (AvgIpc) is 2.38. The van der Waals surface area contributed by atoms with Crippen LogP contribution in [0, 0.1) is 0 Å². The fourth-order valence-corrected chi connectivity index (χ4v) is 2.53. The fraction of sp³-hybridized carbons (Fsp3) is 0.750. The van der Waals surface area contributed by atoms with Crippen LogP contribution in [0.4, 0.5) is 0 Å². The Morgan fingerprint density at radius 3 is 3.10 bits per heavy atom. The predicted molar refractivity (Wildman–Crippen MR) is 46.3 cm³/mol. The van der Waals surface area contributed by atoms with Gasteiger partial charge in [0.2, 0.25) is 0 Å². The number of hydrogen-bond acceptors (Lipinski definition) is 2. The molecule has 2 unspecified atom stereocenters. The van der Waals surface area contributed by atoms with Gasteiger partial charge < -0.3 is 5.11 Å². The summed E-state index contributed by atoms with van der Waals surface area (Å²) >= 11 is 1.89. The second-order valence-electron chi connectivity index (χ2n) is 2.64. The Labute approximate surface area is 66.5 Å². The van der Waals surface area contributed by atoms with Crippen LogP contribution in [0.3, 0.4) is 0 Å². The molecule has 1 rings (SSSR count). The van der Waals surface area contributed by atoms with Crippen LogP contribution in [0.5, 0.6) is 0 Å². The molecular weight excluding hydrogens is 144 g/mol. The van der Waals surface area contributed by atoms with Gasteiger partial charge in [-0.1, -0.05) is 6.08 Å². The highest BCUT2D eigenvalue weighted by Crippen LogP contribution is 2.29. The van der Waals surface area contributed by atoms with Crippen molar-refractivity contribution >= 4 is 11.8 Å². The van der Waals surface area contributed by atoms with E-state index in [9.17, 15) is 5.11 Å². The lowest BCUT2D eigenvalue weighted by molar-refractivity contribution is 0.173. The van der Waals surface area contributed by atoms with Crippen molar-refractivity contribution in [2.75, 3.05) is 5.75 Å². The molecule has 1 aliphatic rings. The van der Waals surface area contributed by atoms with Crippen molar-refractivity contribution in [1.82, 2.24) is 0 Å². The molecule has 0 bridgehead atoms. The third-order valence-corrected chi connectivity index (χ3v) is 3.30. The summed E-state index contributed by atoms with van der Waals surface area (Å²) in [6.45, 7) is 3.60. The maximum absolute atomic E-state index is 9.46. The van der Waals surface area contributed by atoms with E-state index >= 15 is 0 Å². The molecular formula is C8H14OS. The lowest BCUT2D eigenvalue weighted by atomic mass is 10.1. The van der Waals surface area contributed by atoms with E-state index in [2.05, 4.69) is 6.58 Å². The molecule has 0 aromatic rings. The molecule has 0 aromatic carbocycles. The second kappa shape index (κ2) is 4.04. The minimum absolute atomic E-state index is 0.148. The first-order valence-corrected chi connectivity index (χ1v) is 4.80. The molecule has 0 aromatic heterocycles. The van der Waals surface area contributed by atoms with E-state index in [0.717, 1.165) is 6.42 Å². The van der Waals surface area contributed by atoms with Gasteiger partial charge in [0.05, 0.1) is 6.10 Å². The van der Waals surface area contributed by atoms with Gasteiger partial charge in [-0.25, -0.2) is 0 Å². The van der Waals surface area contributed by atoms with Crippen molar-refractivity contribution in [3.63, 3.8) is 0 Å². The number of thioether (sulfide) groups is 1. The Bertz CT molecular complexity index is 108.